The van der Waals surface area contributed by atoms with Crippen molar-refractivity contribution in [3.05, 3.63) is 102 Å². The maximum Gasteiger partial charge on any atom is 0.253 e. The number of para-hydroxylation sites is 1. The number of benzene rings is 3. The Morgan fingerprint density at radius 1 is 0.914 bits per heavy atom. The first-order chi connectivity index (χ1) is 17.0. The van der Waals surface area contributed by atoms with Gasteiger partial charge in [0.1, 0.15) is 0 Å². The average molecular weight is 465 g/mol. The topological polar surface area (TPSA) is 57.3 Å². The van der Waals surface area contributed by atoms with Crippen LogP contribution in [0, 0.1) is 0 Å². The normalized spacial score (nSPS) is 14.7. The molecule has 2 heterocycles. The molecule has 1 saturated heterocycles. The fourth-order valence-electron chi connectivity index (χ4n) is 4.87. The Labute approximate surface area is 207 Å². The van der Waals surface area contributed by atoms with Crippen LogP contribution in [0.5, 0.6) is 0 Å². The van der Waals surface area contributed by atoms with Crippen LogP contribution in [0.25, 0.3) is 22.2 Å². The molecule has 1 fully saturated rings. The van der Waals surface area contributed by atoms with Crippen LogP contribution in [0.2, 0.25) is 0 Å². The van der Waals surface area contributed by atoms with Crippen LogP contribution in [0.3, 0.4) is 0 Å². The monoisotopic (exact) mass is 464 g/mol. The van der Waals surface area contributed by atoms with Crippen molar-refractivity contribution in [3.8, 4) is 11.3 Å². The molecule has 5 nitrogen and oxygen atoms in total. The van der Waals surface area contributed by atoms with E-state index in [9.17, 15) is 4.79 Å². The average Bonchev–Trinajstić information content (AvgIpc) is 2.89. The van der Waals surface area contributed by atoms with Crippen molar-refractivity contribution in [2.75, 3.05) is 26.2 Å². The minimum absolute atomic E-state index is 0.0697. The van der Waals surface area contributed by atoms with Crippen molar-refractivity contribution in [1.29, 1.82) is 0 Å². The van der Waals surface area contributed by atoms with Gasteiger partial charge < -0.3 is 10.6 Å². The number of pyridine rings is 1. The predicted molar refractivity (Wildman–Crippen MR) is 142 cm³/mol. The smallest absolute Gasteiger partial charge is 0.253 e. The molecule has 4 aromatic rings. The van der Waals surface area contributed by atoms with Gasteiger partial charge >= 0.3 is 0 Å². The zero-order valence-electron chi connectivity index (χ0n) is 20.4. The molecule has 0 bridgehead atoms. The third kappa shape index (κ3) is 4.97. The number of nitrogens with zero attached hydrogens (tertiary/aromatic N) is 2. The van der Waals surface area contributed by atoms with E-state index in [4.69, 9.17) is 4.98 Å². The number of hydrogen-bond acceptors (Lipinski definition) is 4. The molecule has 0 spiro atoms. The van der Waals surface area contributed by atoms with Crippen LogP contribution in [-0.2, 0) is 12.1 Å². The molecule has 178 valence electrons. The lowest BCUT2D eigenvalue weighted by Crippen LogP contribution is -2.44. The lowest BCUT2D eigenvalue weighted by Gasteiger charge is -2.31. The van der Waals surface area contributed by atoms with Gasteiger partial charge in [0.25, 0.3) is 5.91 Å². The number of aromatic nitrogens is 1. The standard InChI is InChI=1S/C30H32N4O/c1-30(2,23-13-7-4-8-14-23)33-29(35)27-24-15-9-10-16-26(24)32-28(22-11-5-3-6-12-22)25(27)21-34-19-17-31-18-20-34/h3-16,31H,17-21H2,1-2H3,(H,33,35). The first-order valence-electron chi connectivity index (χ1n) is 12.3. The Balaban J connectivity index is 1.66. The van der Waals surface area contributed by atoms with Crippen molar-refractivity contribution < 1.29 is 4.79 Å². The van der Waals surface area contributed by atoms with Crippen molar-refractivity contribution in [1.82, 2.24) is 20.5 Å². The fourth-order valence-corrected chi connectivity index (χ4v) is 4.87. The number of carbonyl (C=O) groups is 1. The molecule has 1 aliphatic rings. The lowest BCUT2D eigenvalue weighted by atomic mass is 9.91. The molecular weight excluding hydrogens is 432 g/mol. The minimum atomic E-state index is -0.526. The Bertz CT molecular complexity index is 1310. The molecule has 35 heavy (non-hydrogen) atoms. The molecule has 0 aliphatic carbocycles. The maximum atomic E-state index is 14.1. The summed E-state index contributed by atoms with van der Waals surface area (Å²) in [6.45, 7) is 8.57. The highest BCUT2D eigenvalue weighted by Crippen LogP contribution is 2.32. The second-order valence-electron chi connectivity index (χ2n) is 9.67. The summed E-state index contributed by atoms with van der Waals surface area (Å²) in [6.07, 6.45) is 0. The second-order valence-corrected chi connectivity index (χ2v) is 9.67. The predicted octanol–water partition coefficient (Wildman–Crippen LogP) is 4.97. The van der Waals surface area contributed by atoms with Gasteiger partial charge in [0, 0.05) is 49.2 Å². The Hall–Kier alpha value is -3.54. The summed E-state index contributed by atoms with van der Waals surface area (Å²) < 4.78 is 0. The van der Waals surface area contributed by atoms with Gasteiger partial charge in [-0.15, -0.1) is 0 Å². The van der Waals surface area contributed by atoms with E-state index in [0.29, 0.717) is 6.54 Å². The number of fused-ring (bicyclic) bond motifs is 1. The van der Waals surface area contributed by atoms with E-state index in [1.54, 1.807) is 0 Å². The van der Waals surface area contributed by atoms with Crippen LogP contribution in [-0.4, -0.2) is 42.0 Å². The summed E-state index contributed by atoms with van der Waals surface area (Å²) in [6, 6.07) is 28.3. The molecule has 3 aromatic carbocycles. The minimum Gasteiger partial charge on any atom is -0.343 e. The highest BCUT2D eigenvalue weighted by atomic mass is 16.1. The summed E-state index contributed by atoms with van der Waals surface area (Å²) >= 11 is 0. The summed E-state index contributed by atoms with van der Waals surface area (Å²) in [7, 11) is 0. The number of carbonyl (C=O) groups excluding carboxylic acids is 1. The third-order valence-electron chi connectivity index (χ3n) is 6.78. The molecule has 1 amide bonds. The number of piperazine rings is 1. The Morgan fingerprint density at radius 3 is 2.26 bits per heavy atom. The van der Waals surface area contributed by atoms with Gasteiger partial charge in [-0.1, -0.05) is 78.9 Å². The fraction of sp³-hybridized carbons (Fsp3) is 0.267. The maximum absolute atomic E-state index is 14.1. The molecule has 0 atom stereocenters. The second kappa shape index (κ2) is 9.98. The van der Waals surface area contributed by atoms with Crippen molar-refractivity contribution in [3.63, 3.8) is 0 Å². The van der Waals surface area contributed by atoms with E-state index < -0.39 is 5.54 Å². The number of rotatable bonds is 6. The number of amides is 1. The Morgan fingerprint density at radius 2 is 1.54 bits per heavy atom. The summed E-state index contributed by atoms with van der Waals surface area (Å²) in [5.74, 6) is -0.0697. The van der Waals surface area contributed by atoms with Gasteiger partial charge in [-0.05, 0) is 25.5 Å². The number of nitrogens with one attached hydrogen (secondary N) is 2. The highest BCUT2D eigenvalue weighted by Gasteiger charge is 2.28. The zero-order valence-corrected chi connectivity index (χ0v) is 20.4. The van der Waals surface area contributed by atoms with Gasteiger partial charge in [0.2, 0.25) is 0 Å². The summed E-state index contributed by atoms with van der Waals surface area (Å²) in [4.78, 5) is 21.6. The van der Waals surface area contributed by atoms with E-state index in [2.05, 4.69) is 53.6 Å². The molecule has 5 heteroatoms. The summed E-state index contributed by atoms with van der Waals surface area (Å²) in [5, 5.41) is 7.65. The quantitative estimate of drug-likeness (QED) is 0.423. The van der Waals surface area contributed by atoms with Gasteiger partial charge in [-0.2, -0.15) is 0 Å². The highest BCUT2D eigenvalue weighted by molar-refractivity contribution is 6.09. The van der Waals surface area contributed by atoms with Crippen molar-refractivity contribution in [2.24, 2.45) is 0 Å². The molecule has 0 radical (unpaired) electrons. The van der Waals surface area contributed by atoms with Crippen LogP contribution in [0.4, 0.5) is 0 Å². The lowest BCUT2D eigenvalue weighted by molar-refractivity contribution is 0.0911. The zero-order chi connectivity index (χ0) is 24.3. The first kappa shape index (κ1) is 23.2. The summed E-state index contributed by atoms with van der Waals surface area (Å²) in [5.41, 5.74) is 4.99. The first-order valence-corrected chi connectivity index (χ1v) is 12.3. The van der Waals surface area contributed by atoms with Crippen LogP contribution in [0.1, 0.15) is 35.3 Å². The molecule has 1 aliphatic heterocycles. The molecule has 1 aromatic heterocycles. The van der Waals surface area contributed by atoms with E-state index in [0.717, 1.165) is 65.0 Å². The van der Waals surface area contributed by atoms with Crippen LogP contribution >= 0.6 is 0 Å². The van der Waals surface area contributed by atoms with E-state index >= 15 is 0 Å². The molecule has 2 N–H and O–H groups in total. The van der Waals surface area contributed by atoms with E-state index in [1.807, 2.05) is 60.7 Å². The largest absolute Gasteiger partial charge is 0.343 e. The van der Waals surface area contributed by atoms with E-state index in [-0.39, 0.29) is 5.91 Å². The molecule has 5 rings (SSSR count). The van der Waals surface area contributed by atoms with Gasteiger partial charge in [-0.3, -0.25) is 9.69 Å². The van der Waals surface area contributed by atoms with Crippen molar-refractivity contribution in [2.45, 2.75) is 25.9 Å². The third-order valence-corrected chi connectivity index (χ3v) is 6.78. The van der Waals surface area contributed by atoms with Crippen molar-refractivity contribution >= 4 is 16.8 Å². The molecular formula is C30H32N4O. The molecule has 0 unspecified atom stereocenters. The SMILES string of the molecule is CC(C)(NC(=O)c1c(CN2CCNCC2)c(-c2ccccc2)nc2ccccc12)c1ccccc1. The Kier molecular flexibility index (Phi) is 6.62. The van der Waals surface area contributed by atoms with Crippen LogP contribution in [0.15, 0.2) is 84.9 Å². The number of hydrogen-bond donors (Lipinski definition) is 2. The van der Waals surface area contributed by atoms with Gasteiger partial charge in [0.15, 0.2) is 0 Å². The van der Waals surface area contributed by atoms with Gasteiger partial charge in [0.05, 0.1) is 22.3 Å². The molecule has 0 saturated carbocycles. The van der Waals surface area contributed by atoms with E-state index in [1.165, 1.54) is 0 Å². The van der Waals surface area contributed by atoms with Gasteiger partial charge in [-0.25, -0.2) is 4.98 Å². The van der Waals surface area contributed by atoms with Crippen LogP contribution < -0.4 is 10.6 Å².